The minimum absolute atomic E-state index is 0.0461. The van der Waals surface area contributed by atoms with E-state index in [4.69, 9.17) is 4.74 Å². The highest BCUT2D eigenvalue weighted by atomic mass is 32.2. The molecule has 0 aliphatic rings. The first-order chi connectivity index (χ1) is 12.6. The topological polar surface area (TPSA) is 84.9 Å². The predicted molar refractivity (Wildman–Crippen MR) is 90.8 cm³/mol. The zero-order valence-corrected chi connectivity index (χ0v) is 15.0. The summed E-state index contributed by atoms with van der Waals surface area (Å²) in [5, 5.41) is 9.29. The van der Waals surface area contributed by atoms with Gasteiger partial charge in [0.1, 0.15) is 18.1 Å². The summed E-state index contributed by atoms with van der Waals surface area (Å²) in [6, 6.07) is 10.5. The van der Waals surface area contributed by atoms with E-state index >= 15 is 0 Å². The Labute approximate surface area is 154 Å². The molecule has 0 unspecified atom stereocenters. The van der Waals surface area contributed by atoms with Crippen LogP contribution in [0.4, 0.5) is 13.2 Å². The van der Waals surface area contributed by atoms with Crippen LogP contribution in [0.25, 0.3) is 0 Å². The minimum Gasteiger partial charge on any atom is -0.491 e. The van der Waals surface area contributed by atoms with Crippen molar-refractivity contribution in [1.82, 2.24) is 4.72 Å². The molecule has 0 amide bonds. The molecule has 2 aromatic carbocycles. The Hall–Kier alpha value is -2.30. The van der Waals surface area contributed by atoms with Crippen LogP contribution in [0.2, 0.25) is 0 Å². The molecule has 0 aliphatic carbocycles. The molecule has 0 saturated carbocycles. The highest BCUT2D eigenvalue weighted by Gasteiger charge is 2.31. The van der Waals surface area contributed by atoms with Crippen molar-refractivity contribution in [3.05, 3.63) is 54.1 Å². The molecule has 27 heavy (non-hydrogen) atoms. The number of nitrogens with one attached hydrogen (secondary N) is 1. The van der Waals surface area contributed by atoms with Gasteiger partial charge in [-0.15, -0.1) is 13.2 Å². The van der Waals surface area contributed by atoms with Crippen molar-refractivity contribution < 1.29 is 36.2 Å². The van der Waals surface area contributed by atoms with E-state index < -0.39 is 28.2 Å². The molecule has 0 bridgehead atoms. The SMILES string of the molecule is C[C@@H](O)COc1ccccc1CNS(=O)(=O)c1ccc(OC(F)(F)F)cc1. The molecule has 0 spiro atoms. The maximum Gasteiger partial charge on any atom is 0.573 e. The van der Waals surface area contributed by atoms with Gasteiger partial charge in [-0.2, -0.15) is 0 Å². The molecule has 1 atom stereocenters. The van der Waals surface area contributed by atoms with Crippen LogP contribution in [-0.4, -0.2) is 32.6 Å². The van der Waals surface area contributed by atoms with Crippen molar-refractivity contribution >= 4 is 10.0 Å². The maximum atomic E-state index is 12.3. The molecular formula is C17H18F3NO5S. The smallest absolute Gasteiger partial charge is 0.491 e. The van der Waals surface area contributed by atoms with E-state index in [9.17, 15) is 26.7 Å². The number of ether oxygens (including phenoxy) is 2. The molecule has 0 aromatic heterocycles. The second-order valence-electron chi connectivity index (χ2n) is 5.61. The summed E-state index contributed by atoms with van der Waals surface area (Å²) < 4.78 is 72.6. The Morgan fingerprint density at radius 1 is 1.11 bits per heavy atom. The monoisotopic (exact) mass is 405 g/mol. The third kappa shape index (κ3) is 6.74. The fourth-order valence-corrected chi connectivity index (χ4v) is 3.08. The number of aliphatic hydroxyl groups is 1. The van der Waals surface area contributed by atoms with Crippen molar-refractivity contribution in [3.8, 4) is 11.5 Å². The maximum absolute atomic E-state index is 12.3. The number of para-hydroxylation sites is 1. The van der Waals surface area contributed by atoms with Crippen LogP contribution < -0.4 is 14.2 Å². The number of hydrogen-bond acceptors (Lipinski definition) is 5. The summed E-state index contributed by atoms with van der Waals surface area (Å²) in [7, 11) is -3.96. The molecule has 0 saturated heterocycles. The van der Waals surface area contributed by atoms with Crippen molar-refractivity contribution in [3.63, 3.8) is 0 Å². The normalized spacial score (nSPS) is 13.2. The largest absolute Gasteiger partial charge is 0.573 e. The van der Waals surface area contributed by atoms with Gasteiger partial charge in [0.2, 0.25) is 10.0 Å². The van der Waals surface area contributed by atoms with Crippen LogP contribution in [0.1, 0.15) is 12.5 Å². The van der Waals surface area contributed by atoms with Crippen LogP contribution in [-0.2, 0) is 16.6 Å². The number of benzene rings is 2. The average molecular weight is 405 g/mol. The van der Waals surface area contributed by atoms with Gasteiger partial charge in [-0.3, -0.25) is 0 Å². The first kappa shape index (κ1) is 21.0. The Bertz CT molecular complexity index is 852. The van der Waals surface area contributed by atoms with Gasteiger partial charge in [0.25, 0.3) is 0 Å². The van der Waals surface area contributed by atoms with E-state index in [1.165, 1.54) is 0 Å². The van der Waals surface area contributed by atoms with E-state index in [0.29, 0.717) is 11.3 Å². The van der Waals surface area contributed by atoms with E-state index in [1.54, 1.807) is 31.2 Å². The molecule has 2 N–H and O–H groups in total. The van der Waals surface area contributed by atoms with Gasteiger partial charge in [0.15, 0.2) is 0 Å². The van der Waals surface area contributed by atoms with Crippen molar-refractivity contribution in [1.29, 1.82) is 0 Å². The number of halogens is 3. The highest BCUT2D eigenvalue weighted by Crippen LogP contribution is 2.24. The predicted octanol–water partition coefficient (Wildman–Crippen LogP) is 2.82. The van der Waals surface area contributed by atoms with Gasteiger partial charge >= 0.3 is 6.36 Å². The molecule has 2 rings (SSSR count). The molecular weight excluding hydrogens is 387 g/mol. The van der Waals surface area contributed by atoms with Gasteiger partial charge in [0, 0.05) is 12.1 Å². The van der Waals surface area contributed by atoms with Gasteiger partial charge in [0.05, 0.1) is 11.0 Å². The summed E-state index contributed by atoms with van der Waals surface area (Å²) in [5.41, 5.74) is 0.541. The van der Waals surface area contributed by atoms with Crippen LogP contribution in [0.3, 0.4) is 0 Å². The lowest BCUT2D eigenvalue weighted by Gasteiger charge is -2.14. The van der Waals surface area contributed by atoms with E-state index in [1.807, 2.05) is 0 Å². The van der Waals surface area contributed by atoms with Gasteiger partial charge in [-0.1, -0.05) is 18.2 Å². The van der Waals surface area contributed by atoms with Gasteiger partial charge < -0.3 is 14.6 Å². The lowest BCUT2D eigenvalue weighted by atomic mass is 10.2. The fraction of sp³-hybridized carbons (Fsp3) is 0.294. The lowest BCUT2D eigenvalue weighted by Crippen LogP contribution is -2.24. The summed E-state index contributed by atoms with van der Waals surface area (Å²) in [6.07, 6.45) is -5.54. The Morgan fingerprint density at radius 2 is 1.74 bits per heavy atom. The van der Waals surface area contributed by atoms with Crippen LogP contribution in [0.5, 0.6) is 11.5 Å². The lowest BCUT2D eigenvalue weighted by molar-refractivity contribution is -0.274. The van der Waals surface area contributed by atoms with E-state index in [0.717, 1.165) is 24.3 Å². The van der Waals surface area contributed by atoms with Crippen molar-refractivity contribution in [2.45, 2.75) is 30.8 Å². The Morgan fingerprint density at radius 3 is 2.33 bits per heavy atom. The number of alkyl halides is 3. The quantitative estimate of drug-likeness (QED) is 0.706. The molecule has 0 radical (unpaired) electrons. The Kier molecular flexibility index (Phi) is 6.68. The molecule has 0 aliphatic heterocycles. The highest BCUT2D eigenvalue weighted by molar-refractivity contribution is 7.89. The Balaban J connectivity index is 2.07. The zero-order chi connectivity index (χ0) is 20.1. The average Bonchev–Trinajstić information content (AvgIpc) is 2.58. The van der Waals surface area contributed by atoms with Crippen LogP contribution >= 0.6 is 0 Å². The zero-order valence-electron chi connectivity index (χ0n) is 14.2. The van der Waals surface area contributed by atoms with Crippen molar-refractivity contribution in [2.24, 2.45) is 0 Å². The molecule has 2 aromatic rings. The van der Waals surface area contributed by atoms with Gasteiger partial charge in [-0.05, 0) is 37.3 Å². The summed E-state index contributed by atoms with van der Waals surface area (Å²) in [4.78, 5) is -0.209. The number of hydrogen-bond donors (Lipinski definition) is 2. The van der Waals surface area contributed by atoms with Crippen LogP contribution in [0, 0.1) is 0 Å². The third-order valence-corrected chi connectivity index (χ3v) is 4.69. The molecule has 0 heterocycles. The number of sulfonamides is 1. The molecule has 10 heteroatoms. The minimum atomic E-state index is -4.85. The van der Waals surface area contributed by atoms with Crippen LogP contribution in [0.15, 0.2) is 53.4 Å². The summed E-state index contributed by atoms with van der Waals surface area (Å²) in [6.45, 7) is 1.50. The van der Waals surface area contributed by atoms with E-state index in [2.05, 4.69) is 9.46 Å². The van der Waals surface area contributed by atoms with Crippen molar-refractivity contribution in [2.75, 3.05) is 6.61 Å². The summed E-state index contributed by atoms with van der Waals surface area (Å²) >= 11 is 0. The molecule has 0 fully saturated rings. The number of aliphatic hydroxyl groups excluding tert-OH is 1. The molecule has 6 nitrogen and oxygen atoms in total. The first-order valence-corrected chi connectivity index (χ1v) is 9.29. The second-order valence-corrected chi connectivity index (χ2v) is 7.38. The van der Waals surface area contributed by atoms with E-state index in [-0.39, 0.29) is 18.0 Å². The third-order valence-electron chi connectivity index (χ3n) is 3.27. The van der Waals surface area contributed by atoms with Gasteiger partial charge in [-0.25, -0.2) is 13.1 Å². The number of rotatable bonds is 8. The summed E-state index contributed by atoms with van der Waals surface area (Å²) in [5.74, 6) is -0.103. The molecule has 148 valence electrons. The first-order valence-electron chi connectivity index (χ1n) is 7.81. The fourth-order valence-electron chi connectivity index (χ4n) is 2.08. The second kappa shape index (κ2) is 8.59. The standard InChI is InChI=1S/C17H18F3NO5S/c1-12(22)11-25-16-5-3-2-4-13(16)10-21-27(23,24)15-8-6-14(7-9-15)26-17(18,19)20/h2-9,12,21-22H,10-11H2,1H3/t12-/m1/s1.